The standard InChI is InChI=1S/C9H8N2S2/c1-13-9(12)8(7-10)11-5-3-2-4-6-11/h2-6H,1H3. The van der Waals surface area contributed by atoms with Crippen molar-refractivity contribution in [1.82, 2.24) is 0 Å². The van der Waals surface area contributed by atoms with Gasteiger partial charge in [0.05, 0.1) is 0 Å². The van der Waals surface area contributed by atoms with E-state index >= 15 is 0 Å². The van der Waals surface area contributed by atoms with E-state index in [1.54, 1.807) is 17.0 Å². The van der Waals surface area contributed by atoms with Crippen molar-refractivity contribution in [3.05, 3.63) is 36.0 Å². The van der Waals surface area contributed by atoms with Crippen LogP contribution in [0.15, 0.2) is 30.6 Å². The Morgan fingerprint density at radius 2 is 2.00 bits per heavy atom. The van der Waals surface area contributed by atoms with Crippen molar-refractivity contribution >= 4 is 39.7 Å². The fraction of sp³-hybridized carbons (Fsp3) is 0.111. The molecule has 0 aliphatic rings. The summed E-state index contributed by atoms with van der Waals surface area (Å²) < 4.78 is 2.33. The number of hydrogen-bond donors (Lipinski definition) is 0. The molecule has 66 valence electrons. The molecule has 1 aromatic heterocycles. The lowest BCUT2D eigenvalue weighted by atomic mass is 10.4. The number of thiocarbonyl (C=S) groups is 1. The van der Waals surface area contributed by atoms with E-state index in [-0.39, 0.29) is 0 Å². The molecule has 0 amide bonds. The second-order valence-electron chi connectivity index (χ2n) is 2.23. The van der Waals surface area contributed by atoms with Crippen LogP contribution in [0.4, 0.5) is 0 Å². The molecular formula is C9H8N2S2. The van der Waals surface area contributed by atoms with Crippen molar-refractivity contribution in [2.24, 2.45) is 0 Å². The molecule has 0 atom stereocenters. The van der Waals surface area contributed by atoms with Crippen molar-refractivity contribution in [3.63, 3.8) is 0 Å². The lowest BCUT2D eigenvalue weighted by Crippen LogP contribution is -2.34. The molecule has 0 aliphatic carbocycles. The number of hydrogen-bond acceptors (Lipinski definition) is 2. The number of pyridine rings is 1. The number of aromatic nitrogens is 1. The monoisotopic (exact) mass is 208 g/mol. The molecule has 13 heavy (non-hydrogen) atoms. The minimum absolute atomic E-state index is 0.503. The third-order valence-electron chi connectivity index (χ3n) is 1.46. The van der Waals surface area contributed by atoms with Gasteiger partial charge in [0.2, 0.25) is 0 Å². The zero-order valence-corrected chi connectivity index (χ0v) is 8.73. The molecule has 2 nitrogen and oxygen atoms in total. The van der Waals surface area contributed by atoms with E-state index in [0.717, 1.165) is 0 Å². The highest BCUT2D eigenvalue weighted by molar-refractivity contribution is 8.23. The van der Waals surface area contributed by atoms with Crippen LogP contribution in [0.3, 0.4) is 0 Å². The van der Waals surface area contributed by atoms with Crippen molar-refractivity contribution < 1.29 is 4.57 Å². The van der Waals surface area contributed by atoms with Gasteiger partial charge in [-0.15, -0.1) is 11.8 Å². The van der Waals surface area contributed by atoms with Gasteiger partial charge in [0.15, 0.2) is 12.4 Å². The van der Waals surface area contributed by atoms with Gasteiger partial charge in [0.25, 0.3) is 5.70 Å². The second kappa shape index (κ2) is 4.92. The van der Waals surface area contributed by atoms with Gasteiger partial charge in [-0.05, 0) is 6.26 Å². The van der Waals surface area contributed by atoms with Crippen LogP contribution in [0.5, 0.6) is 0 Å². The predicted molar refractivity (Wildman–Crippen MR) is 60.8 cm³/mol. The van der Waals surface area contributed by atoms with Crippen LogP contribution in [-0.2, 0) is 0 Å². The van der Waals surface area contributed by atoms with E-state index in [4.69, 9.17) is 17.6 Å². The van der Waals surface area contributed by atoms with Crippen LogP contribution in [0, 0.1) is 0 Å². The Balaban J connectivity index is 3.07. The van der Waals surface area contributed by atoms with Crippen molar-refractivity contribution in [1.29, 1.82) is 0 Å². The molecule has 0 unspecified atom stereocenters. The van der Waals surface area contributed by atoms with Gasteiger partial charge in [-0.1, -0.05) is 18.3 Å². The van der Waals surface area contributed by atoms with Gasteiger partial charge in [0, 0.05) is 12.1 Å². The van der Waals surface area contributed by atoms with Crippen molar-refractivity contribution in [2.45, 2.75) is 0 Å². The van der Waals surface area contributed by atoms with Crippen molar-refractivity contribution in [2.75, 3.05) is 6.26 Å². The maximum absolute atomic E-state index is 8.87. The van der Waals surface area contributed by atoms with Crippen LogP contribution in [0.1, 0.15) is 0 Å². The molecule has 0 bridgehead atoms. The summed E-state index contributed by atoms with van der Waals surface area (Å²) in [5.74, 6) is 2.09. The first-order valence-corrected chi connectivity index (χ1v) is 5.25. The lowest BCUT2D eigenvalue weighted by molar-refractivity contribution is -0.574. The number of nitrogens with zero attached hydrogens (tertiary/aromatic N) is 2. The number of thioether (sulfide) groups is 1. The third-order valence-corrected chi connectivity index (χ3v) is 2.72. The molecule has 0 spiro atoms. The van der Waals surface area contributed by atoms with Crippen LogP contribution in [0.2, 0.25) is 0 Å². The average molecular weight is 208 g/mol. The smallest absolute Gasteiger partial charge is 0.255 e. The van der Waals surface area contributed by atoms with E-state index in [0.29, 0.717) is 9.89 Å². The zero-order valence-electron chi connectivity index (χ0n) is 7.10. The van der Waals surface area contributed by atoms with E-state index in [9.17, 15) is 0 Å². The molecule has 1 aromatic rings. The molecule has 4 heteroatoms. The quantitative estimate of drug-likeness (QED) is 0.320. The third kappa shape index (κ3) is 2.49. The maximum atomic E-state index is 8.87. The van der Waals surface area contributed by atoms with E-state index < -0.39 is 0 Å². The summed E-state index contributed by atoms with van der Waals surface area (Å²) in [5.41, 5.74) is 0.503. The summed E-state index contributed by atoms with van der Waals surface area (Å²) in [4.78, 5) is 0. The first-order chi connectivity index (χ1) is 6.29. The first kappa shape index (κ1) is 10.1. The molecule has 0 N–H and O–H groups in total. The van der Waals surface area contributed by atoms with Gasteiger partial charge in [0.1, 0.15) is 4.20 Å². The predicted octanol–water partition coefficient (Wildman–Crippen LogP) is 1.74. The van der Waals surface area contributed by atoms with Gasteiger partial charge in [-0.25, -0.2) is 0 Å². The molecule has 0 saturated heterocycles. The molecule has 0 fully saturated rings. The van der Waals surface area contributed by atoms with Crippen LogP contribution in [0.25, 0.3) is 11.1 Å². The summed E-state index contributed by atoms with van der Waals surface area (Å²) in [6.07, 6.45) is 5.48. The average Bonchev–Trinajstić information content (AvgIpc) is 2.20. The lowest BCUT2D eigenvalue weighted by Gasteiger charge is -1.98. The largest absolute Gasteiger partial charge is 0.758 e. The second-order valence-corrected chi connectivity index (χ2v) is 3.72. The van der Waals surface area contributed by atoms with Crippen LogP contribution in [-0.4, -0.2) is 16.3 Å². The van der Waals surface area contributed by atoms with Crippen LogP contribution >= 0.6 is 24.0 Å². The fourth-order valence-electron chi connectivity index (χ4n) is 0.853. The van der Waals surface area contributed by atoms with Gasteiger partial charge < -0.3 is 5.41 Å². The van der Waals surface area contributed by atoms with Crippen molar-refractivity contribution in [3.8, 4) is 0 Å². The molecule has 0 aromatic carbocycles. The summed E-state index contributed by atoms with van der Waals surface area (Å²) in [6, 6.07) is 5.62. The maximum Gasteiger partial charge on any atom is 0.255 e. The Bertz CT molecular complexity index is 353. The van der Waals surface area contributed by atoms with E-state index in [1.807, 2.05) is 24.5 Å². The molecule has 1 rings (SSSR count). The Kier molecular flexibility index (Phi) is 3.83. The highest BCUT2D eigenvalue weighted by Gasteiger charge is 2.11. The van der Waals surface area contributed by atoms with Gasteiger partial charge in [-0.3, -0.25) is 0 Å². The summed E-state index contributed by atoms with van der Waals surface area (Å²) in [7, 11) is 0. The van der Waals surface area contributed by atoms with Crippen LogP contribution < -0.4 is 4.57 Å². The summed E-state index contributed by atoms with van der Waals surface area (Å²) in [5, 5.41) is 8.87. The highest BCUT2D eigenvalue weighted by Crippen LogP contribution is 2.06. The minimum atomic E-state index is 0.503. The molecular weight excluding hydrogens is 200 g/mol. The Hall–Kier alpha value is -0.960. The molecule has 1 heterocycles. The highest BCUT2D eigenvalue weighted by atomic mass is 32.2. The SMILES string of the molecule is CSC(=S)C(=C=[N-])[n+]1ccccc1. The molecule has 0 saturated carbocycles. The molecule has 0 aliphatic heterocycles. The van der Waals surface area contributed by atoms with E-state index in [1.165, 1.54) is 11.8 Å². The normalized spacial score (nSPS) is 9.00. The summed E-state index contributed by atoms with van der Waals surface area (Å²) in [6.45, 7) is 0. The fourth-order valence-corrected chi connectivity index (χ4v) is 1.35. The zero-order chi connectivity index (χ0) is 9.68. The number of rotatable bonds is 2. The topological polar surface area (TPSA) is 26.2 Å². The Morgan fingerprint density at radius 3 is 2.46 bits per heavy atom. The van der Waals surface area contributed by atoms with E-state index in [2.05, 4.69) is 5.87 Å². The van der Waals surface area contributed by atoms with Gasteiger partial charge >= 0.3 is 0 Å². The Labute approximate surface area is 86.8 Å². The van der Waals surface area contributed by atoms with Gasteiger partial charge in [-0.2, -0.15) is 10.4 Å². The molecule has 0 radical (unpaired) electrons. The first-order valence-electron chi connectivity index (χ1n) is 3.61. The Morgan fingerprint density at radius 1 is 1.38 bits per heavy atom. The minimum Gasteiger partial charge on any atom is -0.758 e. The summed E-state index contributed by atoms with van der Waals surface area (Å²) >= 11 is 6.44.